The Bertz CT molecular complexity index is 891. The zero-order valence-corrected chi connectivity index (χ0v) is 14.4. The van der Waals surface area contributed by atoms with Gasteiger partial charge in [0.1, 0.15) is 6.61 Å². The molecule has 1 atom stereocenters. The molecule has 0 spiro atoms. The van der Waals surface area contributed by atoms with Crippen LogP contribution in [0.3, 0.4) is 0 Å². The minimum absolute atomic E-state index is 0.00545. The third-order valence-electron chi connectivity index (χ3n) is 4.01. The maximum atomic E-state index is 12.8. The van der Waals surface area contributed by atoms with Gasteiger partial charge in [0.2, 0.25) is 0 Å². The summed E-state index contributed by atoms with van der Waals surface area (Å²) in [6, 6.07) is 13.9. The van der Waals surface area contributed by atoms with Gasteiger partial charge in [-0.2, -0.15) is 4.31 Å². The molecule has 2 aromatic carbocycles. The van der Waals surface area contributed by atoms with Crippen LogP contribution in [0.1, 0.15) is 22.3 Å². The average molecular weight is 359 g/mol. The number of nitrogens with zero attached hydrogens (tertiary/aromatic N) is 1. The molecule has 1 saturated heterocycles. The van der Waals surface area contributed by atoms with Crippen molar-refractivity contribution in [2.75, 3.05) is 6.61 Å². The summed E-state index contributed by atoms with van der Waals surface area (Å²) in [4.78, 5) is 24.4. The number of carbonyl (C=O) groups is 2. The first-order valence-electron chi connectivity index (χ1n) is 7.75. The molecule has 0 saturated carbocycles. The van der Waals surface area contributed by atoms with Crippen molar-refractivity contribution in [3.8, 4) is 0 Å². The molecule has 1 aliphatic rings. The summed E-state index contributed by atoms with van der Waals surface area (Å²) < 4.78 is 31.2. The molecule has 1 fully saturated rings. The van der Waals surface area contributed by atoms with Crippen LogP contribution in [-0.4, -0.2) is 37.2 Å². The molecule has 0 N–H and O–H groups in total. The molecule has 6 nitrogen and oxygen atoms in total. The van der Waals surface area contributed by atoms with Crippen LogP contribution in [0.15, 0.2) is 59.5 Å². The van der Waals surface area contributed by atoms with E-state index in [2.05, 4.69) is 0 Å². The smallest absolute Gasteiger partial charge is 0.424 e. The number of carbonyl (C=O) groups excluding carboxylic acids is 2. The lowest BCUT2D eigenvalue weighted by atomic mass is 10.0. The van der Waals surface area contributed by atoms with E-state index in [0.29, 0.717) is 9.87 Å². The highest BCUT2D eigenvalue weighted by Gasteiger charge is 2.43. The molecule has 1 aliphatic heterocycles. The number of ether oxygens (including phenoxy) is 1. The number of cyclic esters (lactones) is 1. The number of benzene rings is 2. The van der Waals surface area contributed by atoms with Gasteiger partial charge in [0.25, 0.3) is 10.0 Å². The van der Waals surface area contributed by atoms with Crippen LogP contribution in [0.4, 0.5) is 4.79 Å². The van der Waals surface area contributed by atoms with Gasteiger partial charge in [-0.3, -0.25) is 4.79 Å². The maximum Gasteiger partial charge on any atom is 0.424 e. The molecular weight excluding hydrogens is 342 g/mol. The van der Waals surface area contributed by atoms with Crippen molar-refractivity contribution in [1.29, 1.82) is 0 Å². The number of ketones is 1. The summed E-state index contributed by atoms with van der Waals surface area (Å²) in [5.41, 5.74) is 1.37. The number of amides is 1. The third kappa shape index (κ3) is 3.41. The fourth-order valence-corrected chi connectivity index (χ4v) is 4.15. The summed E-state index contributed by atoms with van der Waals surface area (Å²) >= 11 is 0. The molecule has 0 bridgehead atoms. The number of Topliss-reactive ketones (excluding diaryl/α,β-unsaturated/α-hetero) is 1. The van der Waals surface area contributed by atoms with Crippen molar-refractivity contribution in [2.24, 2.45) is 0 Å². The molecule has 7 heteroatoms. The molecular formula is C18H17NO5S. The summed E-state index contributed by atoms with van der Waals surface area (Å²) in [6.45, 7) is 1.70. The monoisotopic (exact) mass is 359 g/mol. The zero-order valence-electron chi connectivity index (χ0n) is 13.6. The van der Waals surface area contributed by atoms with E-state index in [9.17, 15) is 18.0 Å². The molecule has 0 aliphatic carbocycles. The predicted molar refractivity (Wildman–Crippen MR) is 90.7 cm³/mol. The van der Waals surface area contributed by atoms with E-state index in [1.54, 1.807) is 42.5 Å². The van der Waals surface area contributed by atoms with E-state index in [1.807, 2.05) is 6.92 Å². The standard InChI is InChI=1S/C18H17NO5S/c1-13-7-9-16(10-8-13)25(22,23)19-15(12-24-18(19)21)11-17(20)14-5-3-2-4-6-14/h2-10,15H,11-12H2,1H3/t15-/m0/s1. The number of sulfonamides is 1. The Morgan fingerprint density at radius 1 is 1.12 bits per heavy atom. The Kier molecular flexibility index (Phi) is 4.59. The molecule has 1 heterocycles. The van der Waals surface area contributed by atoms with Gasteiger partial charge in [-0.25, -0.2) is 13.2 Å². The fraction of sp³-hybridized carbons (Fsp3) is 0.222. The van der Waals surface area contributed by atoms with Crippen molar-refractivity contribution >= 4 is 21.9 Å². The van der Waals surface area contributed by atoms with Crippen molar-refractivity contribution in [3.63, 3.8) is 0 Å². The summed E-state index contributed by atoms with van der Waals surface area (Å²) in [7, 11) is -4.08. The van der Waals surface area contributed by atoms with Crippen molar-refractivity contribution in [1.82, 2.24) is 4.31 Å². The Balaban J connectivity index is 1.87. The molecule has 0 radical (unpaired) electrons. The van der Waals surface area contributed by atoms with Crippen LogP contribution in [-0.2, 0) is 14.8 Å². The van der Waals surface area contributed by atoms with E-state index in [4.69, 9.17) is 4.74 Å². The van der Waals surface area contributed by atoms with Crippen LogP contribution in [0.25, 0.3) is 0 Å². The molecule has 25 heavy (non-hydrogen) atoms. The number of hydrogen-bond donors (Lipinski definition) is 0. The van der Waals surface area contributed by atoms with Gasteiger partial charge in [-0.1, -0.05) is 48.0 Å². The van der Waals surface area contributed by atoms with Crippen molar-refractivity contribution in [2.45, 2.75) is 24.3 Å². The van der Waals surface area contributed by atoms with Crippen LogP contribution >= 0.6 is 0 Å². The van der Waals surface area contributed by atoms with Gasteiger partial charge in [0.05, 0.1) is 10.9 Å². The van der Waals surface area contributed by atoms with Gasteiger partial charge in [-0.15, -0.1) is 0 Å². The van der Waals surface area contributed by atoms with Gasteiger partial charge in [-0.05, 0) is 19.1 Å². The third-order valence-corrected chi connectivity index (χ3v) is 5.84. The summed E-state index contributed by atoms with van der Waals surface area (Å²) in [5.74, 6) is -0.243. The highest BCUT2D eigenvalue weighted by atomic mass is 32.2. The van der Waals surface area contributed by atoms with Crippen LogP contribution in [0.5, 0.6) is 0 Å². The van der Waals surface area contributed by atoms with Gasteiger partial charge in [0.15, 0.2) is 5.78 Å². The zero-order chi connectivity index (χ0) is 18.0. The maximum absolute atomic E-state index is 12.8. The normalized spacial score (nSPS) is 17.4. The van der Waals surface area contributed by atoms with Crippen molar-refractivity contribution < 1.29 is 22.7 Å². The van der Waals surface area contributed by atoms with Crippen LogP contribution < -0.4 is 0 Å². The average Bonchev–Trinajstić information content (AvgIpc) is 2.97. The highest BCUT2D eigenvalue weighted by Crippen LogP contribution is 2.26. The Hall–Kier alpha value is -2.67. The second kappa shape index (κ2) is 6.68. The number of hydrogen-bond acceptors (Lipinski definition) is 5. The number of aryl methyl sites for hydroxylation is 1. The van der Waals surface area contributed by atoms with Crippen LogP contribution in [0.2, 0.25) is 0 Å². The van der Waals surface area contributed by atoms with E-state index < -0.39 is 22.2 Å². The lowest BCUT2D eigenvalue weighted by molar-refractivity contribution is 0.0962. The second-order valence-corrected chi connectivity index (χ2v) is 7.65. The lowest BCUT2D eigenvalue weighted by Gasteiger charge is -2.20. The lowest BCUT2D eigenvalue weighted by Crippen LogP contribution is -2.40. The minimum atomic E-state index is -4.08. The Morgan fingerprint density at radius 2 is 1.76 bits per heavy atom. The Labute approximate surface area is 146 Å². The fourth-order valence-electron chi connectivity index (χ4n) is 2.66. The van der Waals surface area contributed by atoms with Gasteiger partial charge in [0, 0.05) is 12.0 Å². The molecule has 0 unspecified atom stereocenters. The van der Waals surface area contributed by atoms with E-state index in [0.717, 1.165) is 5.56 Å². The van der Waals surface area contributed by atoms with E-state index in [1.165, 1.54) is 12.1 Å². The quantitative estimate of drug-likeness (QED) is 0.767. The highest BCUT2D eigenvalue weighted by molar-refractivity contribution is 7.89. The molecule has 0 aromatic heterocycles. The first kappa shape index (κ1) is 17.2. The first-order chi connectivity index (χ1) is 11.9. The second-order valence-electron chi connectivity index (χ2n) is 5.84. The van der Waals surface area contributed by atoms with Crippen LogP contribution in [0, 0.1) is 6.92 Å². The predicted octanol–water partition coefficient (Wildman–Crippen LogP) is 2.78. The SMILES string of the molecule is Cc1ccc(S(=O)(=O)N2C(=O)OC[C@@H]2CC(=O)c2ccccc2)cc1. The minimum Gasteiger partial charge on any atom is -0.446 e. The molecule has 1 amide bonds. The number of rotatable bonds is 5. The van der Waals surface area contributed by atoms with Crippen molar-refractivity contribution in [3.05, 3.63) is 65.7 Å². The largest absolute Gasteiger partial charge is 0.446 e. The molecule has 3 rings (SSSR count). The van der Waals surface area contributed by atoms with Gasteiger partial charge >= 0.3 is 6.09 Å². The topological polar surface area (TPSA) is 80.8 Å². The van der Waals surface area contributed by atoms with E-state index >= 15 is 0 Å². The van der Waals surface area contributed by atoms with E-state index in [-0.39, 0.29) is 23.7 Å². The first-order valence-corrected chi connectivity index (χ1v) is 9.20. The summed E-state index contributed by atoms with van der Waals surface area (Å²) in [5, 5.41) is 0. The Morgan fingerprint density at radius 3 is 2.40 bits per heavy atom. The molecule has 2 aromatic rings. The van der Waals surface area contributed by atoms with Gasteiger partial charge < -0.3 is 4.74 Å². The molecule has 130 valence electrons. The summed E-state index contributed by atoms with van der Waals surface area (Å²) in [6.07, 6.45) is -1.08.